The molecule has 0 amide bonds. The standard InChI is InChI=1S/C8H21NSi.Li.H/c1-5-6-7-8-9-10(2,3)4;;/h9H,5-8H2,1-4H3;;. The number of unbranched alkanes of at least 4 members (excludes halogenated alkanes) is 2. The summed E-state index contributed by atoms with van der Waals surface area (Å²) in [6.07, 6.45) is 4.05. The molecule has 0 aliphatic rings. The molecule has 1 nitrogen and oxygen atoms in total. The summed E-state index contributed by atoms with van der Waals surface area (Å²) in [5, 5.41) is 0. The van der Waals surface area contributed by atoms with E-state index in [9.17, 15) is 0 Å². The summed E-state index contributed by atoms with van der Waals surface area (Å²) in [7, 11) is -0.957. The van der Waals surface area contributed by atoms with Crippen LogP contribution < -0.4 is 4.98 Å². The minimum absolute atomic E-state index is 0. The predicted octanol–water partition coefficient (Wildman–Crippen LogP) is 1.95. The number of rotatable bonds is 5. The summed E-state index contributed by atoms with van der Waals surface area (Å²) in [5.74, 6) is 0. The molecule has 0 aliphatic heterocycles. The van der Waals surface area contributed by atoms with Crippen molar-refractivity contribution in [2.45, 2.75) is 45.8 Å². The second kappa shape index (κ2) is 7.42. The SMILES string of the molecule is CCCCCN[Si](C)(C)C.[LiH]. The molecule has 11 heavy (non-hydrogen) atoms. The first kappa shape index (κ1) is 14.3. The van der Waals surface area contributed by atoms with Gasteiger partial charge in [-0.2, -0.15) is 0 Å². The van der Waals surface area contributed by atoms with Crippen LogP contribution in [-0.4, -0.2) is 33.6 Å². The normalized spacial score (nSPS) is 10.9. The van der Waals surface area contributed by atoms with Crippen molar-refractivity contribution in [1.82, 2.24) is 4.98 Å². The zero-order chi connectivity index (χ0) is 8.04. The summed E-state index contributed by atoms with van der Waals surface area (Å²) in [6, 6.07) is 0. The van der Waals surface area contributed by atoms with Crippen LogP contribution in [0.2, 0.25) is 19.6 Å². The van der Waals surface area contributed by atoms with Crippen molar-refractivity contribution in [3.8, 4) is 0 Å². The van der Waals surface area contributed by atoms with Crippen LogP contribution in [-0.2, 0) is 0 Å². The Labute approximate surface area is 84.6 Å². The molecule has 0 saturated heterocycles. The second-order valence-electron chi connectivity index (χ2n) is 3.88. The molecule has 0 unspecified atom stereocenters. The van der Waals surface area contributed by atoms with E-state index in [0.717, 1.165) is 0 Å². The summed E-state index contributed by atoms with van der Waals surface area (Å²) in [4.78, 5) is 3.60. The molecule has 0 bridgehead atoms. The van der Waals surface area contributed by atoms with Crippen molar-refractivity contribution in [3.05, 3.63) is 0 Å². The van der Waals surface area contributed by atoms with E-state index >= 15 is 0 Å². The Balaban J connectivity index is 0. The zero-order valence-corrected chi connectivity index (χ0v) is 8.83. The molecule has 0 spiro atoms. The van der Waals surface area contributed by atoms with Crippen molar-refractivity contribution in [1.29, 1.82) is 0 Å². The van der Waals surface area contributed by atoms with Crippen molar-refractivity contribution >= 4 is 27.1 Å². The minimum atomic E-state index is -0.957. The second-order valence-corrected chi connectivity index (χ2v) is 8.74. The first-order chi connectivity index (χ1) is 4.56. The van der Waals surface area contributed by atoms with E-state index in [0.29, 0.717) is 0 Å². The van der Waals surface area contributed by atoms with Gasteiger partial charge in [-0.25, -0.2) is 0 Å². The van der Waals surface area contributed by atoms with E-state index in [-0.39, 0.29) is 18.9 Å². The van der Waals surface area contributed by atoms with Crippen LogP contribution in [0.1, 0.15) is 26.2 Å². The van der Waals surface area contributed by atoms with Crippen LogP contribution in [0.5, 0.6) is 0 Å². The molecule has 3 heteroatoms. The molecule has 0 saturated carbocycles. The van der Waals surface area contributed by atoms with Gasteiger partial charge in [0.1, 0.15) is 8.24 Å². The Hall–Kier alpha value is 0.774. The number of hydrogen-bond acceptors (Lipinski definition) is 1. The Bertz CT molecular complexity index is 80.7. The van der Waals surface area contributed by atoms with Crippen molar-refractivity contribution in [2.24, 2.45) is 0 Å². The van der Waals surface area contributed by atoms with Gasteiger partial charge < -0.3 is 4.98 Å². The van der Waals surface area contributed by atoms with E-state index in [1.807, 2.05) is 0 Å². The molecule has 0 aromatic heterocycles. The topological polar surface area (TPSA) is 12.0 Å². The van der Waals surface area contributed by atoms with E-state index in [1.165, 1.54) is 25.8 Å². The monoisotopic (exact) mass is 167 g/mol. The molecule has 0 aromatic carbocycles. The van der Waals surface area contributed by atoms with Crippen molar-refractivity contribution in [3.63, 3.8) is 0 Å². The van der Waals surface area contributed by atoms with Crippen LogP contribution >= 0.6 is 0 Å². The summed E-state index contributed by atoms with van der Waals surface area (Å²) in [5.41, 5.74) is 0. The van der Waals surface area contributed by atoms with Crippen molar-refractivity contribution < 1.29 is 0 Å². The van der Waals surface area contributed by atoms with Crippen LogP contribution in [0.3, 0.4) is 0 Å². The summed E-state index contributed by atoms with van der Waals surface area (Å²) < 4.78 is 0. The van der Waals surface area contributed by atoms with Gasteiger partial charge in [-0.3, -0.25) is 0 Å². The molecule has 0 radical (unpaired) electrons. The molecule has 0 aromatic rings. The van der Waals surface area contributed by atoms with Gasteiger partial charge in [0.15, 0.2) is 0 Å². The summed E-state index contributed by atoms with van der Waals surface area (Å²) >= 11 is 0. The van der Waals surface area contributed by atoms with Crippen molar-refractivity contribution in [2.75, 3.05) is 6.54 Å². The number of nitrogens with one attached hydrogen (secondary N) is 1. The van der Waals surface area contributed by atoms with Gasteiger partial charge in [0.2, 0.25) is 0 Å². The van der Waals surface area contributed by atoms with Gasteiger partial charge in [-0.05, 0) is 13.0 Å². The third kappa shape index (κ3) is 13.7. The molecule has 1 N–H and O–H groups in total. The molecule has 0 atom stereocenters. The van der Waals surface area contributed by atoms with E-state index < -0.39 is 8.24 Å². The predicted molar refractivity (Wildman–Crippen MR) is 58.0 cm³/mol. The van der Waals surface area contributed by atoms with E-state index in [1.54, 1.807) is 0 Å². The van der Waals surface area contributed by atoms with Crippen LogP contribution in [0.25, 0.3) is 0 Å². The van der Waals surface area contributed by atoms with Gasteiger partial charge in [0.25, 0.3) is 0 Å². The first-order valence-corrected chi connectivity index (χ1v) is 7.81. The quantitative estimate of drug-likeness (QED) is 0.487. The Morgan fingerprint density at radius 1 is 1.09 bits per heavy atom. The Morgan fingerprint density at radius 2 is 1.64 bits per heavy atom. The average molecular weight is 167 g/mol. The van der Waals surface area contributed by atoms with Crippen LogP contribution in [0.4, 0.5) is 0 Å². The molecule has 0 aliphatic carbocycles. The third-order valence-electron chi connectivity index (χ3n) is 1.44. The van der Waals surface area contributed by atoms with E-state index in [2.05, 4.69) is 31.5 Å². The fraction of sp³-hybridized carbons (Fsp3) is 1.00. The zero-order valence-electron chi connectivity index (χ0n) is 7.83. The van der Waals surface area contributed by atoms with Gasteiger partial charge >= 0.3 is 18.9 Å². The van der Waals surface area contributed by atoms with Gasteiger partial charge in [0.05, 0.1) is 0 Å². The Kier molecular flexibility index (Phi) is 9.66. The first-order valence-electron chi connectivity index (χ1n) is 4.31. The van der Waals surface area contributed by atoms with Crippen LogP contribution in [0, 0.1) is 0 Å². The molecule has 0 heterocycles. The molecular weight excluding hydrogens is 145 g/mol. The number of hydrogen-bond donors (Lipinski definition) is 1. The molecular formula is C8H22LiNSi. The summed E-state index contributed by atoms with van der Waals surface area (Å²) in [6.45, 7) is 10.5. The average Bonchev–Trinajstić information content (AvgIpc) is 1.78. The third-order valence-corrected chi connectivity index (χ3v) is 2.75. The molecule has 0 fully saturated rings. The molecule has 64 valence electrons. The van der Waals surface area contributed by atoms with E-state index in [4.69, 9.17) is 0 Å². The van der Waals surface area contributed by atoms with Gasteiger partial charge in [0, 0.05) is 0 Å². The fourth-order valence-corrected chi connectivity index (χ4v) is 1.77. The maximum atomic E-state index is 3.60. The Morgan fingerprint density at radius 3 is 2.00 bits per heavy atom. The maximum absolute atomic E-state index is 3.60. The van der Waals surface area contributed by atoms with Crippen LogP contribution in [0.15, 0.2) is 0 Å². The fourth-order valence-electron chi connectivity index (χ4n) is 0.838. The van der Waals surface area contributed by atoms with Gasteiger partial charge in [-0.15, -0.1) is 0 Å². The van der Waals surface area contributed by atoms with Gasteiger partial charge in [-0.1, -0.05) is 39.4 Å². The molecule has 0 rings (SSSR count).